The van der Waals surface area contributed by atoms with Gasteiger partial charge in [0.1, 0.15) is 9.83 Å². The van der Waals surface area contributed by atoms with E-state index >= 15 is 0 Å². The molecule has 0 saturated carbocycles. The number of rotatable bonds is 6. The molecule has 1 amide bonds. The van der Waals surface area contributed by atoms with E-state index < -0.39 is 5.97 Å². The van der Waals surface area contributed by atoms with Crippen molar-refractivity contribution in [3.8, 4) is 0 Å². The highest BCUT2D eigenvalue weighted by Gasteiger charge is 2.28. The minimum atomic E-state index is -0.402. The van der Waals surface area contributed by atoms with Gasteiger partial charge in [0, 0.05) is 4.88 Å². The number of thiophene rings is 2. The summed E-state index contributed by atoms with van der Waals surface area (Å²) >= 11 is 2.64. The number of carbonyl (C=O) groups is 2. The van der Waals surface area contributed by atoms with Crippen LogP contribution in [0.2, 0.25) is 0 Å². The standard InChI is InChI=1S/C26H25N3O4S2/c1-3-33-26(32)20-17-11-7-8-12-18(17)34-24(20)28-22(30)21-15(2)19-23(35-21)27-14-29(25(19)31)13-16-9-5-4-6-10-16/h4-6,9-10,14H,3,7-8,11-13H2,1-2H3,(H,28,30). The molecular formula is C26H25N3O4S2. The molecule has 0 saturated heterocycles. The van der Waals surface area contributed by atoms with Crippen LogP contribution in [0, 0.1) is 6.92 Å². The van der Waals surface area contributed by atoms with Crippen molar-refractivity contribution < 1.29 is 14.3 Å². The van der Waals surface area contributed by atoms with Crippen LogP contribution in [-0.4, -0.2) is 28.0 Å². The van der Waals surface area contributed by atoms with Crippen LogP contribution in [0.1, 0.15) is 61.4 Å². The van der Waals surface area contributed by atoms with Crippen molar-refractivity contribution in [1.29, 1.82) is 0 Å². The molecule has 1 aliphatic carbocycles. The van der Waals surface area contributed by atoms with Gasteiger partial charge in [-0.2, -0.15) is 0 Å². The van der Waals surface area contributed by atoms with Gasteiger partial charge in [-0.1, -0.05) is 30.3 Å². The fraction of sp³-hybridized carbons (Fsp3) is 0.308. The molecule has 180 valence electrons. The third-order valence-electron chi connectivity index (χ3n) is 6.20. The zero-order chi connectivity index (χ0) is 24.5. The number of anilines is 1. The Morgan fingerprint density at radius 1 is 1.14 bits per heavy atom. The number of benzene rings is 1. The van der Waals surface area contributed by atoms with E-state index in [1.165, 1.54) is 29.0 Å². The fourth-order valence-corrected chi connectivity index (χ4v) is 6.81. The van der Waals surface area contributed by atoms with E-state index in [0.29, 0.717) is 37.8 Å². The molecule has 3 heterocycles. The predicted molar refractivity (Wildman–Crippen MR) is 139 cm³/mol. The minimum Gasteiger partial charge on any atom is -0.462 e. The number of ether oxygens (including phenoxy) is 1. The van der Waals surface area contributed by atoms with E-state index in [1.807, 2.05) is 30.3 Å². The average molecular weight is 508 g/mol. The molecule has 0 unspecified atom stereocenters. The Morgan fingerprint density at radius 3 is 2.69 bits per heavy atom. The van der Waals surface area contributed by atoms with E-state index in [0.717, 1.165) is 41.7 Å². The quantitative estimate of drug-likeness (QED) is 0.363. The molecule has 0 aliphatic heterocycles. The van der Waals surface area contributed by atoms with E-state index in [-0.39, 0.29) is 18.1 Å². The first-order chi connectivity index (χ1) is 17.0. The van der Waals surface area contributed by atoms with Crippen molar-refractivity contribution in [1.82, 2.24) is 9.55 Å². The van der Waals surface area contributed by atoms with Gasteiger partial charge >= 0.3 is 5.97 Å². The molecule has 1 aliphatic rings. The van der Waals surface area contributed by atoms with Gasteiger partial charge in [0.2, 0.25) is 0 Å². The minimum absolute atomic E-state index is 0.176. The zero-order valence-electron chi connectivity index (χ0n) is 19.6. The molecule has 4 aromatic rings. The lowest BCUT2D eigenvalue weighted by Gasteiger charge is -2.12. The van der Waals surface area contributed by atoms with Crippen molar-refractivity contribution in [2.24, 2.45) is 0 Å². The summed E-state index contributed by atoms with van der Waals surface area (Å²) in [6.45, 7) is 4.22. The number of hydrogen-bond acceptors (Lipinski definition) is 7. The first-order valence-electron chi connectivity index (χ1n) is 11.6. The summed E-state index contributed by atoms with van der Waals surface area (Å²) in [5.74, 6) is -0.746. The van der Waals surface area contributed by atoms with Crippen LogP contribution in [0.3, 0.4) is 0 Å². The van der Waals surface area contributed by atoms with Gasteiger partial charge in [0.05, 0.1) is 35.3 Å². The Bertz CT molecular complexity index is 1480. The van der Waals surface area contributed by atoms with Gasteiger partial charge in [-0.25, -0.2) is 9.78 Å². The Morgan fingerprint density at radius 2 is 1.91 bits per heavy atom. The van der Waals surface area contributed by atoms with E-state index in [9.17, 15) is 14.4 Å². The molecule has 9 heteroatoms. The lowest BCUT2D eigenvalue weighted by molar-refractivity contribution is 0.0526. The number of hydrogen-bond donors (Lipinski definition) is 1. The maximum absolute atomic E-state index is 13.4. The second-order valence-electron chi connectivity index (χ2n) is 8.49. The monoisotopic (exact) mass is 507 g/mol. The number of nitrogens with one attached hydrogen (secondary N) is 1. The molecule has 3 aromatic heterocycles. The van der Waals surface area contributed by atoms with Gasteiger partial charge in [0.25, 0.3) is 11.5 Å². The first kappa shape index (κ1) is 23.4. The molecule has 0 bridgehead atoms. The van der Waals surface area contributed by atoms with Crippen LogP contribution in [0.5, 0.6) is 0 Å². The molecule has 0 radical (unpaired) electrons. The number of fused-ring (bicyclic) bond motifs is 2. The van der Waals surface area contributed by atoms with Gasteiger partial charge in [-0.3, -0.25) is 14.2 Å². The summed E-state index contributed by atoms with van der Waals surface area (Å²) in [5.41, 5.74) is 2.89. The van der Waals surface area contributed by atoms with Gasteiger partial charge in [-0.05, 0) is 56.2 Å². The first-order valence-corrected chi connectivity index (χ1v) is 13.3. The summed E-state index contributed by atoms with van der Waals surface area (Å²) in [6.07, 6.45) is 5.32. The van der Waals surface area contributed by atoms with Crippen molar-refractivity contribution in [2.75, 3.05) is 11.9 Å². The highest BCUT2D eigenvalue weighted by atomic mass is 32.1. The van der Waals surface area contributed by atoms with E-state index in [2.05, 4.69) is 10.3 Å². The van der Waals surface area contributed by atoms with Crippen molar-refractivity contribution in [2.45, 2.75) is 46.1 Å². The average Bonchev–Trinajstić information content (AvgIpc) is 3.39. The third kappa shape index (κ3) is 4.41. The molecule has 0 fully saturated rings. The molecule has 7 nitrogen and oxygen atoms in total. The summed E-state index contributed by atoms with van der Waals surface area (Å²) in [5, 5.41) is 3.93. The number of carbonyl (C=O) groups excluding carboxylic acids is 2. The highest BCUT2D eigenvalue weighted by Crippen LogP contribution is 2.39. The largest absolute Gasteiger partial charge is 0.462 e. The highest BCUT2D eigenvalue weighted by molar-refractivity contribution is 7.21. The summed E-state index contributed by atoms with van der Waals surface area (Å²) in [7, 11) is 0. The molecule has 1 N–H and O–H groups in total. The van der Waals surface area contributed by atoms with Crippen LogP contribution in [-0.2, 0) is 24.1 Å². The molecule has 0 spiro atoms. The van der Waals surface area contributed by atoms with Crippen LogP contribution in [0.15, 0.2) is 41.5 Å². The molecule has 35 heavy (non-hydrogen) atoms. The molecular weight excluding hydrogens is 482 g/mol. The fourth-order valence-electron chi connectivity index (χ4n) is 4.50. The Hall–Kier alpha value is -3.30. The van der Waals surface area contributed by atoms with Crippen molar-refractivity contribution in [3.05, 3.63) is 79.0 Å². The Labute approximate surface area is 210 Å². The second-order valence-corrected chi connectivity index (χ2v) is 10.6. The third-order valence-corrected chi connectivity index (χ3v) is 8.60. The summed E-state index contributed by atoms with van der Waals surface area (Å²) in [6, 6.07) is 9.70. The lowest BCUT2D eigenvalue weighted by atomic mass is 9.95. The van der Waals surface area contributed by atoms with Crippen LogP contribution in [0.4, 0.5) is 5.00 Å². The molecule has 1 aromatic carbocycles. The molecule has 0 atom stereocenters. The second kappa shape index (κ2) is 9.75. The smallest absolute Gasteiger partial charge is 0.341 e. The molecule has 5 rings (SSSR count). The lowest BCUT2D eigenvalue weighted by Crippen LogP contribution is -2.21. The number of amides is 1. The van der Waals surface area contributed by atoms with Gasteiger partial charge < -0.3 is 10.1 Å². The van der Waals surface area contributed by atoms with Crippen LogP contribution in [0.25, 0.3) is 10.2 Å². The number of nitrogens with zero attached hydrogens (tertiary/aromatic N) is 2. The van der Waals surface area contributed by atoms with Crippen molar-refractivity contribution >= 4 is 49.8 Å². The number of esters is 1. The normalized spacial score (nSPS) is 13.0. The van der Waals surface area contributed by atoms with Crippen LogP contribution >= 0.6 is 22.7 Å². The number of aryl methyl sites for hydroxylation is 2. The van der Waals surface area contributed by atoms with Crippen LogP contribution < -0.4 is 10.9 Å². The zero-order valence-corrected chi connectivity index (χ0v) is 21.2. The number of aromatic nitrogens is 2. The summed E-state index contributed by atoms with van der Waals surface area (Å²) in [4.78, 5) is 45.9. The maximum Gasteiger partial charge on any atom is 0.341 e. The SMILES string of the molecule is CCOC(=O)c1c(NC(=O)c2sc3ncn(Cc4ccccc4)c(=O)c3c2C)sc2c1CCCC2. The van der Waals surface area contributed by atoms with Gasteiger partial charge in [-0.15, -0.1) is 22.7 Å². The Balaban J connectivity index is 1.49. The van der Waals surface area contributed by atoms with E-state index in [4.69, 9.17) is 4.74 Å². The van der Waals surface area contributed by atoms with Gasteiger partial charge in [0.15, 0.2) is 0 Å². The van der Waals surface area contributed by atoms with E-state index in [1.54, 1.807) is 18.4 Å². The topological polar surface area (TPSA) is 90.3 Å². The van der Waals surface area contributed by atoms with Crippen molar-refractivity contribution in [3.63, 3.8) is 0 Å². The Kier molecular flexibility index (Phi) is 6.53. The predicted octanol–water partition coefficient (Wildman–Crippen LogP) is 5.18. The summed E-state index contributed by atoms with van der Waals surface area (Å²) < 4.78 is 6.86. The maximum atomic E-state index is 13.4.